The molecule has 0 aliphatic carbocycles. The molecule has 1 heterocycles. The molecular formula is C24H30N2O8S2. The van der Waals surface area contributed by atoms with Crippen LogP contribution >= 0.6 is 0 Å². The fourth-order valence-corrected chi connectivity index (χ4v) is 5.24. The second-order valence-electron chi connectivity index (χ2n) is 7.85. The summed E-state index contributed by atoms with van der Waals surface area (Å²) < 4.78 is 89.0. The van der Waals surface area contributed by atoms with Crippen LogP contribution < -0.4 is 4.31 Å². The number of hydrogen-bond donors (Lipinski definition) is 0. The number of benzene rings is 2. The van der Waals surface area contributed by atoms with Gasteiger partial charge in [-0.1, -0.05) is 41.6 Å². The first-order chi connectivity index (χ1) is 17.7. The highest BCUT2D eigenvalue weighted by atomic mass is 32.2. The third-order valence-corrected chi connectivity index (χ3v) is 7.39. The Balaban J connectivity index is 2.20. The van der Waals surface area contributed by atoms with Gasteiger partial charge in [0, 0.05) is 24.8 Å². The van der Waals surface area contributed by atoms with E-state index in [2.05, 4.69) is 9.34 Å². The molecule has 0 N–H and O–H groups in total. The van der Waals surface area contributed by atoms with Crippen LogP contribution in [-0.2, 0) is 47.0 Å². The summed E-state index contributed by atoms with van der Waals surface area (Å²) in [5, 5.41) is 3.92. The monoisotopic (exact) mass is 540 g/mol. The molecule has 196 valence electrons. The Kier molecular flexibility index (Phi) is 7.97. The average Bonchev–Trinajstić information content (AvgIpc) is 3.17. The Morgan fingerprint density at radius 2 is 1.81 bits per heavy atom. The van der Waals surface area contributed by atoms with Crippen LogP contribution in [0.1, 0.15) is 32.1 Å². The molecule has 3 rings (SSSR count). The molecule has 10 nitrogen and oxygen atoms in total. The normalized spacial score (nSPS) is 13.4. The summed E-state index contributed by atoms with van der Waals surface area (Å²) in [5.74, 6) is 0.555. The van der Waals surface area contributed by atoms with Crippen molar-refractivity contribution in [3.8, 4) is 11.1 Å². The topological polar surface area (TPSA) is 125 Å². The predicted molar refractivity (Wildman–Crippen MR) is 134 cm³/mol. The highest BCUT2D eigenvalue weighted by Gasteiger charge is 2.32. The van der Waals surface area contributed by atoms with Crippen molar-refractivity contribution in [3.05, 3.63) is 64.9 Å². The third-order valence-electron chi connectivity index (χ3n) is 5.24. The summed E-state index contributed by atoms with van der Waals surface area (Å²) in [6, 6.07) is 10.6. The van der Waals surface area contributed by atoms with Crippen LogP contribution in [0.4, 0.5) is 5.82 Å². The fourth-order valence-electron chi connectivity index (χ4n) is 3.41. The van der Waals surface area contributed by atoms with Gasteiger partial charge in [0.25, 0.3) is 20.1 Å². The Labute approximate surface area is 214 Å². The van der Waals surface area contributed by atoms with Crippen LogP contribution in [0.5, 0.6) is 0 Å². The lowest BCUT2D eigenvalue weighted by molar-refractivity contribution is 0.134. The zero-order valence-corrected chi connectivity index (χ0v) is 22.3. The fraction of sp³-hybridized carbons (Fsp3) is 0.375. The van der Waals surface area contributed by atoms with Crippen LogP contribution in [0.3, 0.4) is 0 Å². The Morgan fingerprint density at radius 3 is 2.42 bits per heavy atom. The minimum atomic E-state index is -4.24. The first-order valence-corrected chi connectivity index (χ1v) is 14.1. The molecule has 0 fully saturated rings. The number of aromatic nitrogens is 1. The molecule has 0 spiro atoms. The van der Waals surface area contributed by atoms with Gasteiger partial charge in [-0.3, -0.25) is 4.18 Å². The van der Waals surface area contributed by atoms with Gasteiger partial charge in [0.2, 0.25) is 0 Å². The van der Waals surface area contributed by atoms with Gasteiger partial charge in [0.15, 0.2) is 5.82 Å². The molecule has 0 atom stereocenters. The van der Waals surface area contributed by atoms with Gasteiger partial charge < -0.3 is 14.0 Å². The number of ether oxygens (including phenoxy) is 2. The number of nitrogens with zero attached hydrogens (tertiary/aromatic N) is 2. The van der Waals surface area contributed by atoms with E-state index in [9.17, 15) is 16.8 Å². The van der Waals surface area contributed by atoms with Gasteiger partial charge >= 0.3 is 0 Å². The second-order valence-corrected chi connectivity index (χ2v) is 11.3. The molecule has 1 aromatic heterocycles. The molecule has 0 amide bonds. The average molecular weight is 541 g/mol. The first kappa shape index (κ1) is 24.9. The van der Waals surface area contributed by atoms with E-state index in [1.807, 2.05) is 0 Å². The van der Waals surface area contributed by atoms with Crippen LogP contribution in [0, 0.1) is 13.8 Å². The van der Waals surface area contributed by atoms with Gasteiger partial charge in [-0.05, 0) is 43.5 Å². The van der Waals surface area contributed by atoms with Crippen molar-refractivity contribution in [2.45, 2.75) is 38.8 Å². The molecule has 0 unspecified atom stereocenters. The van der Waals surface area contributed by atoms with Crippen molar-refractivity contribution in [1.82, 2.24) is 5.16 Å². The van der Waals surface area contributed by atoms with Crippen molar-refractivity contribution in [1.29, 1.82) is 0 Å². The molecule has 0 aliphatic heterocycles. The zero-order chi connectivity index (χ0) is 28.3. The summed E-state index contributed by atoms with van der Waals surface area (Å²) in [7, 11) is -6.98. The van der Waals surface area contributed by atoms with E-state index >= 15 is 0 Å². The predicted octanol–water partition coefficient (Wildman–Crippen LogP) is 3.77. The molecular weight excluding hydrogens is 508 g/mol. The van der Waals surface area contributed by atoms with Gasteiger partial charge in [-0.2, -0.15) is 8.42 Å². The van der Waals surface area contributed by atoms with Crippen molar-refractivity contribution >= 4 is 26.0 Å². The Bertz CT molecular complexity index is 1510. The maximum atomic E-state index is 14.0. The number of anilines is 1. The SMILES string of the molecule is [2H]C([2H])(OS(C)(=O)=O)c1ccc(-c2ccccc2S(=O)(=O)N(COC)c2noc(C)c2C)c(COCC)c1. The lowest BCUT2D eigenvalue weighted by Crippen LogP contribution is -2.34. The molecule has 2 aromatic carbocycles. The van der Waals surface area contributed by atoms with Crippen LogP contribution in [0.2, 0.25) is 0 Å². The molecule has 0 saturated carbocycles. The summed E-state index contributed by atoms with van der Waals surface area (Å²) in [6.07, 6.45) is 0.755. The standard InChI is InChI=1S/C24H30N2O8S2/c1-6-32-15-20-13-19(14-33-35(5,27)28)11-12-21(20)22-9-7-8-10-23(22)36(29,30)26(16-31-4)24-17(2)18(3)34-25-24/h7-13H,6,14-16H2,1-5H3/i14D2. The van der Waals surface area contributed by atoms with Crippen molar-refractivity contribution in [3.63, 3.8) is 0 Å². The van der Waals surface area contributed by atoms with E-state index in [4.69, 9.17) is 16.7 Å². The first-order valence-electron chi connectivity index (χ1n) is 11.9. The van der Waals surface area contributed by atoms with Crippen molar-refractivity contribution in [2.24, 2.45) is 0 Å². The van der Waals surface area contributed by atoms with Crippen molar-refractivity contribution in [2.75, 3.05) is 31.0 Å². The van der Waals surface area contributed by atoms with Gasteiger partial charge in [0.1, 0.15) is 12.5 Å². The minimum Gasteiger partial charge on any atom is -0.377 e. The van der Waals surface area contributed by atoms with E-state index < -0.39 is 26.7 Å². The van der Waals surface area contributed by atoms with E-state index in [1.54, 1.807) is 39.0 Å². The number of rotatable bonds is 12. The molecule has 12 heteroatoms. The van der Waals surface area contributed by atoms with E-state index in [1.165, 1.54) is 31.4 Å². The molecule has 36 heavy (non-hydrogen) atoms. The maximum Gasteiger partial charge on any atom is 0.268 e. The van der Waals surface area contributed by atoms with E-state index in [-0.39, 0.29) is 29.6 Å². The number of aryl methyl sites for hydroxylation is 1. The van der Waals surface area contributed by atoms with Gasteiger partial charge in [0.05, 0.1) is 27.1 Å². The molecule has 0 aliphatic rings. The summed E-state index contributed by atoms with van der Waals surface area (Å²) in [6.45, 7) is 2.50. The second kappa shape index (κ2) is 11.5. The highest BCUT2D eigenvalue weighted by Crippen LogP contribution is 2.35. The lowest BCUT2D eigenvalue weighted by atomic mass is 9.98. The number of hydrogen-bond acceptors (Lipinski definition) is 9. The largest absolute Gasteiger partial charge is 0.377 e. The summed E-state index contributed by atoms with van der Waals surface area (Å²) in [5.41, 5.74) is 1.66. The number of methoxy groups -OCH3 is 1. The van der Waals surface area contributed by atoms with Gasteiger partial charge in [-0.25, -0.2) is 12.7 Å². The van der Waals surface area contributed by atoms with Crippen LogP contribution in [-0.4, -0.2) is 48.7 Å². The maximum absolute atomic E-state index is 14.0. The van der Waals surface area contributed by atoms with E-state index in [0.29, 0.717) is 34.6 Å². The third kappa shape index (κ3) is 6.31. The molecule has 0 bridgehead atoms. The quantitative estimate of drug-likeness (QED) is 0.249. The Hall–Kier alpha value is -2.77. The molecule has 0 radical (unpaired) electrons. The van der Waals surface area contributed by atoms with Crippen LogP contribution in [0.15, 0.2) is 51.9 Å². The lowest BCUT2D eigenvalue weighted by Gasteiger charge is -2.23. The molecule has 0 saturated heterocycles. The van der Waals surface area contributed by atoms with Crippen molar-refractivity contribution < 1.29 is 37.8 Å². The molecule has 3 aromatic rings. The van der Waals surface area contributed by atoms with Gasteiger partial charge in [-0.15, -0.1) is 0 Å². The van der Waals surface area contributed by atoms with Crippen LogP contribution in [0.25, 0.3) is 11.1 Å². The van der Waals surface area contributed by atoms with E-state index in [0.717, 1.165) is 10.6 Å². The smallest absolute Gasteiger partial charge is 0.268 e. The Morgan fingerprint density at radius 1 is 1.08 bits per heavy atom. The zero-order valence-electron chi connectivity index (χ0n) is 22.6. The highest BCUT2D eigenvalue weighted by molar-refractivity contribution is 7.93. The summed E-state index contributed by atoms with van der Waals surface area (Å²) >= 11 is 0. The summed E-state index contributed by atoms with van der Waals surface area (Å²) in [4.78, 5) is -0.0574. The minimum absolute atomic E-state index is 0.00633. The number of sulfonamides is 1.